The first-order valence-corrected chi connectivity index (χ1v) is 8.81. The van der Waals surface area contributed by atoms with Crippen molar-refractivity contribution in [3.63, 3.8) is 0 Å². The molecule has 2 aromatic carbocycles. The van der Waals surface area contributed by atoms with Gasteiger partial charge in [0.05, 0.1) is 6.42 Å². The van der Waals surface area contributed by atoms with Crippen molar-refractivity contribution in [1.29, 1.82) is 0 Å². The van der Waals surface area contributed by atoms with Gasteiger partial charge in [-0.05, 0) is 43.7 Å². The Morgan fingerprint density at radius 1 is 0.929 bits per heavy atom. The molecule has 0 aromatic heterocycles. The van der Waals surface area contributed by atoms with E-state index in [-0.39, 0.29) is 18.0 Å². The Balaban J connectivity index is 1.78. The van der Waals surface area contributed by atoms with Crippen molar-refractivity contribution in [2.75, 3.05) is 10.6 Å². The van der Waals surface area contributed by atoms with Crippen LogP contribution in [0.4, 0.5) is 11.4 Å². The second-order valence-corrected chi connectivity index (χ2v) is 6.55. The lowest BCUT2D eigenvalue weighted by atomic mass is 10.2. The van der Waals surface area contributed by atoms with Crippen molar-refractivity contribution >= 4 is 40.7 Å². The smallest absolute Gasteiger partial charge is 0.325 e. The number of benzene rings is 2. The Morgan fingerprint density at radius 2 is 1.61 bits per heavy atom. The maximum absolute atomic E-state index is 12.1. The summed E-state index contributed by atoms with van der Waals surface area (Å²) in [6.45, 7) is 7.36. The summed E-state index contributed by atoms with van der Waals surface area (Å²) < 4.78 is 0. The Hall–Kier alpha value is -3.32. The fourth-order valence-electron chi connectivity index (χ4n) is 2.20. The molecule has 0 heterocycles. The standard InChI is InChI=1S/C20H21ClN4O3/c1-12-7-9-15(10-8-12)22-19(27)20(28)25-24-13(2)11-18(26)23-17-6-4-5-16(21)14(17)3/h4-10,24H,2,11H2,1,3H3,(H,22,27)(H,23,26)(H,25,28). The van der Waals surface area contributed by atoms with E-state index in [2.05, 4.69) is 28.1 Å². The van der Waals surface area contributed by atoms with Crippen molar-refractivity contribution in [3.8, 4) is 0 Å². The summed E-state index contributed by atoms with van der Waals surface area (Å²) >= 11 is 6.02. The maximum Gasteiger partial charge on any atom is 0.327 e. The molecular weight excluding hydrogens is 380 g/mol. The summed E-state index contributed by atoms with van der Waals surface area (Å²) in [5.41, 5.74) is 7.75. The molecule has 0 fully saturated rings. The minimum atomic E-state index is -0.909. The quantitative estimate of drug-likeness (QED) is 0.442. The largest absolute Gasteiger partial charge is 0.327 e. The fourth-order valence-corrected chi connectivity index (χ4v) is 2.38. The van der Waals surface area contributed by atoms with E-state index >= 15 is 0 Å². The predicted octanol–water partition coefficient (Wildman–Crippen LogP) is 3.06. The van der Waals surface area contributed by atoms with E-state index in [1.165, 1.54) is 0 Å². The van der Waals surface area contributed by atoms with Gasteiger partial charge in [-0.25, -0.2) is 0 Å². The molecule has 28 heavy (non-hydrogen) atoms. The number of aryl methyl sites for hydroxylation is 1. The van der Waals surface area contributed by atoms with Crippen LogP contribution in [0.15, 0.2) is 54.7 Å². The van der Waals surface area contributed by atoms with Crippen molar-refractivity contribution < 1.29 is 14.4 Å². The minimum Gasteiger partial charge on any atom is -0.325 e. The maximum atomic E-state index is 12.1. The molecule has 3 amide bonds. The van der Waals surface area contributed by atoms with Gasteiger partial charge in [0.1, 0.15) is 0 Å². The van der Waals surface area contributed by atoms with Gasteiger partial charge in [0.25, 0.3) is 0 Å². The number of anilines is 2. The van der Waals surface area contributed by atoms with Crippen molar-refractivity contribution in [1.82, 2.24) is 10.9 Å². The summed E-state index contributed by atoms with van der Waals surface area (Å²) in [5, 5.41) is 5.72. The molecule has 0 aliphatic carbocycles. The first-order chi connectivity index (χ1) is 13.3. The third-order valence-corrected chi connectivity index (χ3v) is 4.19. The van der Waals surface area contributed by atoms with E-state index in [9.17, 15) is 14.4 Å². The number of halogens is 1. The normalized spacial score (nSPS) is 9.96. The molecule has 0 unspecified atom stereocenters. The fraction of sp³-hybridized carbons (Fsp3) is 0.150. The molecule has 4 N–H and O–H groups in total. The predicted molar refractivity (Wildman–Crippen MR) is 110 cm³/mol. The van der Waals surface area contributed by atoms with Gasteiger partial charge in [-0.1, -0.05) is 41.9 Å². The number of nitrogens with one attached hydrogen (secondary N) is 4. The number of amides is 3. The van der Waals surface area contributed by atoms with Gasteiger partial charge >= 0.3 is 11.8 Å². The van der Waals surface area contributed by atoms with E-state index in [0.29, 0.717) is 16.4 Å². The zero-order valence-corrected chi connectivity index (χ0v) is 16.3. The molecule has 146 valence electrons. The van der Waals surface area contributed by atoms with E-state index in [4.69, 9.17) is 11.6 Å². The molecule has 0 radical (unpaired) electrons. The summed E-state index contributed by atoms with van der Waals surface area (Å²) in [7, 11) is 0. The lowest BCUT2D eigenvalue weighted by Crippen LogP contribution is -2.43. The van der Waals surface area contributed by atoms with Crippen LogP contribution in [0.25, 0.3) is 0 Å². The summed E-state index contributed by atoms with van der Waals surface area (Å²) in [6, 6.07) is 12.2. The Morgan fingerprint density at radius 3 is 2.29 bits per heavy atom. The molecule has 0 aliphatic heterocycles. The average Bonchev–Trinajstić information content (AvgIpc) is 2.65. The third kappa shape index (κ3) is 6.14. The third-order valence-electron chi connectivity index (χ3n) is 3.78. The van der Waals surface area contributed by atoms with Crippen LogP contribution in [0.3, 0.4) is 0 Å². The topological polar surface area (TPSA) is 99.3 Å². The van der Waals surface area contributed by atoms with Crippen LogP contribution in [-0.4, -0.2) is 17.7 Å². The lowest BCUT2D eigenvalue weighted by molar-refractivity contribution is -0.136. The van der Waals surface area contributed by atoms with Crippen LogP contribution in [0.1, 0.15) is 17.5 Å². The Labute approximate surface area is 168 Å². The van der Waals surface area contributed by atoms with Crippen LogP contribution >= 0.6 is 11.6 Å². The highest BCUT2D eigenvalue weighted by atomic mass is 35.5. The lowest BCUT2D eigenvalue weighted by Gasteiger charge is -2.13. The van der Waals surface area contributed by atoms with Crippen LogP contribution in [0.2, 0.25) is 5.02 Å². The van der Waals surface area contributed by atoms with Gasteiger partial charge in [-0.15, -0.1) is 0 Å². The highest BCUT2D eigenvalue weighted by Gasteiger charge is 2.14. The van der Waals surface area contributed by atoms with Crippen LogP contribution in [-0.2, 0) is 14.4 Å². The first kappa shape index (κ1) is 21.0. The van der Waals surface area contributed by atoms with Crippen molar-refractivity contribution in [2.45, 2.75) is 20.3 Å². The van der Waals surface area contributed by atoms with Crippen LogP contribution in [0.5, 0.6) is 0 Å². The number of carbonyl (C=O) groups excluding carboxylic acids is 3. The van der Waals surface area contributed by atoms with Crippen LogP contribution < -0.4 is 21.5 Å². The molecule has 0 saturated heterocycles. The van der Waals surface area contributed by atoms with E-state index < -0.39 is 11.8 Å². The Kier molecular flexibility index (Phi) is 7.17. The van der Waals surface area contributed by atoms with E-state index in [1.807, 2.05) is 19.1 Å². The second kappa shape index (κ2) is 9.57. The summed E-state index contributed by atoms with van der Waals surface area (Å²) in [4.78, 5) is 35.8. The molecule has 0 saturated carbocycles. The summed E-state index contributed by atoms with van der Waals surface area (Å²) in [6.07, 6.45) is -0.105. The zero-order valence-electron chi connectivity index (χ0n) is 15.6. The SMILES string of the molecule is C=C(CC(=O)Nc1cccc(Cl)c1C)NNC(=O)C(=O)Nc1ccc(C)cc1. The number of carbonyl (C=O) groups is 3. The monoisotopic (exact) mass is 400 g/mol. The van der Waals surface area contributed by atoms with E-state index in [0.717, 1.165) is 11.1 Å². The molecule has 2 rings (SSSR count). The molecule has 8 heteroatoms. The number of rotatable bonds is 6. The molecular formula is C20H21ClN4O3. The van der Waals surface area contributed by atoms with Gasteiger partial charge < -0.3 is 16.1 Å². The van der Waals surface area contributed by atoms with Crippen molar-refractivity contribution in [3.05, 3.63) is 70.9 Å². The average molecular weight is 401 g/mol. The second-order valence-electron chi connectivity index (χ2n) is 6.14. The number of hydrogen-bond donors (Lipinski definition) is 4. The molecule has 0 aliphatic rings. The van der Waals surface area contributed by atoms with Crippen molar-refractivity contribution in [2.24, 2.45) is 0 Å². The van der Waals surface area contributed by atoms with E-state index in [1.54, 1.807) is 37.3 Å². The molecule has 2 aromatic rings. The first-order valence-electron chi connectivity index (χ1n) is 8.43. The molecule has 0 atom stereocenters. The van der Waals surface area contributed by atoms with Gasteiger partial charge in [0, 0.05) is 22.1 Å². The van der Waals surface area contributed by atoms with Gasteiger partial charge in [0.15, 0.2) is 0 Å². The number of hydrogen-bond acceptors (Lipinski definition) is 4. The van der Waals surface area contributed by atoms with Gasteiger partial charge in [-0.3, -0.25) is 19.8 Å². The zero-order chi connectivity index (χ0) is 20.7. The molecule has 0 spiro atoms. The highest BCUT2D eigenvalue weighted by Crippen LogP contribution is 2.23. The summed E-state index contributed by atoms with van der Waals surface area (Å²) in [5.74, 6) is -2.10. The Bertz CT molecular complexity index is 910. The van der Waals surface area contributed by atoms with Crippen LogP contribution in [0, 0.1) is 13.8 Å². The van der Waals surface area contributed by atoms with Gasteiger partial charge in [-0.2, -0.15) is 0 Å². The minimum absolute atomic E-state index is 0.105. The highest BCUT2D eigenvalue weighted by molar-refractivity contribution is 6.39. The molecule has 7 nitrogen and oxygen atoms in total. The van der Waals surface area contributed by atoms with Gasteiger partial charge in [0.2, 0.25) is 5.91 Å². The molecule has 0 bridgehead atoms. The number of hydrazine groups is 1.